The number of aryl methyl sites for hydroxylation is 2. The van der Waals surface area contributed by atoms with Crippen molar-refractivity contribution >= 4 is 15.9 Å². The van der Waals surface area contributed by atoms with Gasteiger partial charge in [-0.15, -0.1) is 0 Å². The zero-order valence-electron chi connectivity index (χ0n) is 11.1. The molecule has 0 spiro atoms. The summed E-state index contributed by atoms with van der Waals surface area (Å²) in [4.78, 5) is 0. The monoisotopic (exact) mass is 315 g/mol. The van der Waals surface area contributed by atoms with Crippen molar-refractivity contribution in [2.45, 2.75) is 57.1 Å². The number of nitrogens with zero attached hydrogens (tertiary/aromatic N) is 2. The molecular weight excluding hydrogens is 294 g/mol. The summed E-state index contributed by atoms with van der Waals surface area (Å²) < 4.78 is 2.92. The molecular formula is C13H22BrN3O. The molecule has 102 valence electrons. The molecule has 5 heteroatoms. The first kappa shape index (κ1) is 14.0. The van der Waals surface area contributed by atoms with Gasteiger partial charge in [0, 0.05) is 19.5 Å². The fraction of sp³-hybridized carbons (Fsp3) is 0.769. The molecule has 2 atom stereocenters. The molecule has 0 aliphatic heterocycles. The van der Waals surface area contributed by atoms with Crippen LogP contribution in [0.25, 0.3) is 0 Å². The Morgan fingerprint density at radius 3 is 2.89 bits per heavy atom. The molecule has 1 heterocycles. The molecule has 0 saturated heterocycles. The predicted octanol–water partition coefficient (Wildman–Crippen LogP) is 1.92. The van der Waals surface area contributed by atoms with Crippen LogP contribution in [0, 0.1) is 0 Å². The molecule has 1 aromatic rings. The van der Waals surface area contributed by atoms with E-state index in [1.54, 1.807) is 0 Å². The van der Waals surface area contributed by atoms with Gasteiger partial charge in [0.2, 0.25) is 0 Å². The lowest BCUT2D eigenvalue weighted by Gasteiger charge is -2.35. The van der Waals surface area contributed by atoms with E-state index in [0.29, 0.717) is 12.8 Å². The lowest BCUT2D eigenvalue weighted by molar-refractivity contribution is -0.00354. The van der Waals surface area contributed by atoms with Crippen LogP contribution < -0.4 is 5.73 Å². The van der Waals surface area contributed by atoms with Crippen LogP contribution >= 0.6 is 15.9 Å². The minimum Gasteiger partial charge on any atom is -0.389 e. The number of nitrogens with two attached hydrogens (primary N) is 1. The van der Waals surface area contributed by atoms with Crippen LogP contribution in [0.5, 0.6) is 0 Å². The third-order valence-corrected chi connectivity index (χ3v) is 4.77. The summed E-state index contributed by atoms with van der Waals surface area (Å²) in [6.45, 7) is 2.09. The van der Waals surface area contributed by atoms with Crippen molar-refractivity contribution in [2.24, 2.45) is 12.8 Å². The van der Waals surface area contributed by atoms with Gasteiger partial charge in [-0.1, -0.05) is 6.92 Å². The van der Waals surface area contributed by atoms with Gasteiger partial charge in [-0.05, 0) is 48.0 Å². The van der Waals surface area contributed by atoms with Crippen molar-refractivity contribution in [3.05, 3.63) is 15.9 Å². The van der Waals surface area contributed by atoms with Crippen LogP contribution in [0.15, 0.2) is 4.47 Å². The number of rotatable bonds is 3. The van der Waals surface area contributed by atoms with E-state index in [-0.39, 0.29) is 6.04 Å². The largest absolute Gasteiger partial charge is 0.389 e. The van der Waals surface area contributed by atoms with Gasteiger partial charge in [-0.25, -0.2) is 0 Å². The molecule has 1 saturated carbocycles. The highest BCUT2D eigenvalue weighted by Crippen LogP contribution is 2.33. The highest BCUT2D eigenvalue weighted by molar-refractivity contribution is 9.10. The molecule has 1 fully saturated rings. The minimum atomic E-state index is -0.668. The van der Waals surface area contributed by atoms with Gasteiger partial charge in [0.05, 0.1) is 21.5 Å². The van der Waals surface area contributed by atoms with Crippen molar-refractivity contribution < 1.29 is 5.11 Å². The minimum absolute atomic E-state index is 0.126. The summed E-state index contributed by atoms with van der Waals surface area (Å²) in [5.41, 5.74) is 7.43. The normalized spacial score (nSPS) is 28.6. The zero-order valence-corrected chi connectivity index (χ0v) is 12.7. The van der Waals surface area contributed by atoms with Crippen LogP contribution in [0.2, 0.25) is 0 Å². The van der Waals surface area contributed by atoms with E-state index in [1.807, 2.05) is 11.7 Å². The first-order valence-electron chi connectivity index (χ1n) is 6.63. The zero-order chi connectivity index (χ0) is 13.3. The Balaban J connectivity index is 2.20. The lowest BCUT2D eigenvalue weighted by Crippen LogP contribution is -2.43. The summed E-state index contributed by atoms with van der Waals surface area (Å²) in [5.74, 6) is 0. The second-order valence-electron chi connectivity index (χ2n) is 5.44. The fourth-order valence-electron chi connectivity index (χ4n) is 2.87. The number of hydrogen-bond donors (Lipinski definition) is 2. The second-order valence-corrected chi connectivity index (χ2v) is 6.24. The Morgan fingerprint density at radius 1 is 1.61 bits per heavy atom. The smallest absolute Gasteiger partial charge is 0.0766 e. The predicted molar refractivity (Wildman–Crippen MR) is 75.4 cm³/mol. The van der Waals surface area contributed by atoms with E-state index in [9.17, 15) is 5.11 Å². The van der Waals surface area contributed by atoms with Crippen LogP contribution in [0.1, 0.15) is 44.0 Å². The topological polar surface area (TPSA) is 64.1 Å². The molecule has 0 aromatic carbocycles. The number of hydrogen-bond acceptors (Lipinski definition) is 3. The Hall–Kier alpha value is -0.390. The van der Waals surface area contributed by atoms with Crippen molar-refractivity contribution in [3.63, 3.8) is 0 Å². The van der Waals surface area contributed by atoms with Crippen LogP contribution in [0.4, 0.5) is 0 Å². The Kier molecular flexibility index (Phi) is 4.14. The Labute approximate surface area is 117 Å². The first-order valence-corrected chi connectivity index (χ1v) is 7.42. The number of aliphatic hydroxyl groups is 1. The molecule has 3 N–H and O–H groups in total. The van der Waals surface area contributed by atoms with Crippen molar-refractivity contribution in [1.29, 1.82) is 0 Å². The maximum absolute atomic E-state index is 10.7. The third kappa shape index (κ3) is 2.78. The summed E-state index contributed by atoms with van der Waals surface area (Å²) in [7, 11) is 1.94. The van der Waals surface area contributed by atoms with Crippen molar-refractivity contribution in [3.8, 4) is 0 Å². The van der Waals surface area contributed by atoms with E-state index >= 15 is 0 Å². The van der Waals surface area contributed by atoms with Crippen LogP contribution in [-0.4, -0.2) is 26.5 Å². The average molecular weight is 316 g/mol. The van der Waals surface area contributed by atoms with E-state index in [2.05, 4.69) is 28.0 Å². The van der Waals surface area contributed by atoms with Gasteiger partial charge in [-0.3, -0.25) is 4.68 Å². The van der Waals surface area contributed by atoms with Gasteiger partial charge in [0.1, 0.15) is 0 Å². The van der Waals surface area contributed by atoms with Gasteiger partial charge in [0.15, 0.2) is 0 Å². The van der Waals surface area contributed by atoms with Crippen molar-refractivity contribution in [2.75, 3.05) is 0 Å². The average Bonchev–Trinajstić information content (AvgIpc) is 2.56. The van der Waals surface area contributed by atoms with Gasteiger partial charge >= 0.3 is 0 Å². The Morgan fingerprint density at radius 2 is 2.33 bits per heavy atom. The molecule has 0 amide bonds. The highest BCUT2D eigenvalue weighted by atomic mass is 79.9. The standard InChI is InChI=1S/C13H22BrN3O/c1-3-10-12(14)11(17(2)16-10)8-13(18)6-4-5-9(15)7-13/h9,18H,3-8,15H2,1-2H3. The molecule has 0 radical (unpaired) electrons. The number of halogens is 1. The van der Waals surface area contributed by atoms with E-state index in [0.717, 1.165) is 41.5 Å². The van der Waals surface area contributed by atoms with Crippen LogP contribution in [-0.2, 0) is 19.9 Å². The molecule has 1 aliphatic rings. The molecule has 1 aromatic heterocycles. The Bertz CT molecular complexity index is 432. The molecule has 18 heavy (non-hydrogen) atoms. The van der Waals surface area contributed by atoms with Gasteiger partial charge < -0.3 is 10.8 Å². The summed E-state index contributed by atoms with van der Waals surface area (Å²) in [6.07, 6.45) is 5.08. The quantitative estimate of drug-likeness (QED) is 0.895. The summed E-state index contributed by atoms with van der Waals surface area (Å²) in [5, 5.41) is 15.2. The molecule has 2 unspecified atom stereocenters. The number of aromatic nitrogens is 2. The molecule has 2 rings (SSSR count). The van der Waals surface area contributed by atoms with Crippen molar-refractivity contribution in [1.82, 2.24) is 9.78 Å². The van der Waals surface area contributed by atoms with Gasteiger partial charge in [0.25, 0.3) is 0 Å². The molecule has 4 nitrogen and oxygen atoms in total. The van der Waals surface area contributed by atoms with E-state index in [1.165, 1.54) is 0 Å². The second kappa shape index (κ2) is 5.31. The lowest BCUT2D eigenvalue weighted by atomic mass is 9.79. The summed E-state index contributed by atoms with van der Waals surface area (Å²) >= 11 is 3.60. The maximum Gasteiger partial charge on any atom is 0.0766 e. The SMILES string of the molecule is CCc1nn(C)c(CC2(O)CCCC(N)C2)c1Br. The van der Waals surface area contributed by atoms with Crippen LogP contribution in [0.3, 0.4) is 0 Å². The third-order valence-electron chi connectivity index (χ3n) is 3.86. The maximum atomic E-state index is 10.7. The molecule has 1 aliphatic carbocycles. The van der Waals surface area contributed by atoms with Gasteiger partial charge in [-0.2, -0.15) is 5.10 Å². The first-order chi connectivity index (χ1) is 8.45. The van der Waals surface area contributed by atoms with E-state index < -0.39 is 5.60 Å². The highest BCUT2D eigenvalue weighted by Gasteiger charge is 2.34. The van der Waals surface area contributed by atoms with E-state index in [4.69, 9.17) is 5.73 Å². The summed E-state index contributed by atoms with van der Waals surface area (Å²) in [6, 6.07) is 0.126. The molecule has 0 bridgehead atoms. The fourth-order valence-corrected chi connectivity index (χ4v) is 3.63.